The van der Waals surface area contributed by atoms with E-state index in [1.807, 2.05) is 20.2 Å². The smallest absolute Gasteiger partial charge is 0.260 e. The lowest BCUT2D eigenvalue weighted by Gasteiger charge is -2.16. The standard InChI is InChI=1S/C18H21N5O2/c1-3-14-13(7-9-25-14)18(24)21-17-16(12-10-19-22(2)11-12)20-15-6-4-5-8-23(15)17/h7,9-11H,3-6,8H2,1-2H3,(H,21,24). The minimum absolute atomic E-state index is 0.163. The van der Waals surface area contributed by atoms with E-state index in [-0.39, 0.29) is 5.91 Å². The van der Waals surface area contributed by atoms with Crippen LogP contribution in [0.5, 0.6) is 0 Å². The molecule has 130 valence electrons. The number of aryl methyl sites for hydroxylation is 3. The molecule has 1 amide bonds. The fourth-order valence-electron chi connectivity index (χ4n) is 3.35. The lowest BCUT2D eigenvalue weighted by molar-refractivity contribution is 0.102. The van der Waals surface area contributed by atoms with E-state index in [0.29, 0.717) is 17.7 Å². The van der Waals surface area contributed by atoms with E-state index in [0.717, 1.165) is 48.7 Å². The molecule has 0 aliphatic carbocycles. The van der Waals surface area contributed by atoms with Gasteiger partial charge in [0, 0.05) is 38.2 Å². The van der Waals surface area contributed by atoms with Crippen LogP contribution in [0.3, 0.4) is 0 Å². The van der Waals surface area contributed by atoms with Crippen molar-refractivity contribution in [2.75, 3.05) is 5.32 Å². The molecule has 0 unspecified atom stereocenters. The highest BCUT2D eigenvalue weighted by atomic mass is 16.3. The number of fused-ring (bicyclic) bond motifs is 1. The van der Waals surface area contributed by atoms with Gasteiger partial charge in [-0.1, -0.05) is 6.92 Å². The fraction of sp³-hybridized carbons (Fsp3) is 0.389. The molecule has 25 heavy (non-hydrogen) atoms. The maximum absolute atomic E-state index is 12.8. The number of hydrogen-bond acceptors (Lipinski definition) is 4. The number of carbonyl (C=O) groups is 1. The van der Waals surface area contributed by atoms with Gasteiger partial charge in [-0.15, -0.1) is 0 Å². The summed E-state index contributed by atoms with van der Waals surface area (Å²) in [5.74, 6) is 2.29. The molecule has 0 aromatic carbocycles. The predicted octanol–water partition coefficient (Wildman–Crippen LogP) is 3.03. The third kappa shape index (κ3) is 2.75. The van der Waals surface area contributed by atoms with E-state index in [4.69, 9.17) is 9.40 Å². The van der Waals surface area contributed by atoms with Crippen LogP contribution in [0.15, 0.2) is 29.1 Å². The zero-order chi connectivity index (χ0) is 17.4. The van der Waals surface area contributed by atoms with Crippen molar-refractivity contribution in [1.29, 1.82) is 0 Å². The Morgan fingerprint density at radius 3 is 3.04 bits per heavy atom. The van der Waals surface area contributed by atoms with Gasteiger partial charge in [0.2, 0.25) is 0 Å². The summed E-state index contributed by atoms with van der Waals surface area (Å²) >= 11 is 0. The predicted molar refractivity (Wildman–Crippen MR) is 93.4 cm³/mol. The van der Waals surface area contributed by atoms with Crippen LogP contribution >= 0.6 is 0 Å². The van der Waals surface area contributed by atoms with Crippen molar-refractivity contribution in [3.63, 3.8) is 0 Å². The van der Waals surface area contributed by atoms with E-state index in [2.05, 4.69) is 15.0 Å². The van der Waals surface area contributed by atoms with Crippen LogP contribution in [0.4, 0.5) is 5.82 Å². The maximum atomic E-state index is 12.8. The van der Waals surface area contributed by atoms with E-state index < -0.39 is 0 Å². The number of aromatic nitrogens is 4. The SMILES string of the molecule is CCc1occc1C(=O)Nc1c(-c2cnn(C)c2)nc2n1CCCC2. The first-order valence-electron chi connectivity index (χ1n) is 8.63. The Morgan fingerprint density at radius 1 is 1.40 bits per heavy atom. The lowest BCUT2D eigenvalue weighted by atomic mass is 10.1. The molecule has 0 radical (unpaired) electrons. The fourth-order valence-corrected chi connectivity index (χ4v) is 3.35. The molecular weight excluding hydrogens is 318 g/mol. The van der Waals surface area contributed by atoms with Crippen molar-refractivity contribution in [2.24, 2.45) is 7.05 Å². The topological polar surface area (TPSA) is 77.9 Å². The molecule has 4 rings (SSSR count). The monoisotopic (exact) mass is 339 g/mol. The molecule has 0 fully saturated rings. The van der Waals surface area contributed by atoms with Crippen LogP contribution in [0, 0.1) is 0 Å². The molecule has 1 aliphatic heterocycles. The molecule has 0 saturated carbocycles. The number of amides is 1. The van der Waals surface area contributed by atoms with Gasteiger partial charge in [-0.05, 0) is 18.9 Å². The van der Waals surface area contributed by atoms with Crippen molar-refractivity contribution >= 4 is 11.7 Å². The van der Waals surface area contributed by atoms with E-state index in [9.17, 15) is 4.79 Å². The quantitative estimate of drug-likeness (QED) is 0.792. The number of nitrogens with one attached hydrogen (secondary N) is 1. The molecular formula is C18H21N5O2. The molecule has 3 aromatic heterocycles. The van der Waals surface area contributed by atoms with Crippen molar-refractivity contribution in [3.05, 3.63) is 41.9 Å². The summed E-state index contributed by atoms with van der Waals surface area (Å²) < 4.78 is 9.25. The second kappa shape index (κ2) is 6.23. The summed E-state index contributed by atoms with van der Waals surface area (Å²) in [4.78, 5) is 17.6. The van der Waals surface area contributed by atoms with Crippen LogP contribution in [-0.2, 0) is 26.4 Å². The third-order valence-electron chi connectivity index (χ3n) is 4.60. The molecule has 7 heteroatoms. The van der Waals surface area contributed by atoms with Crippen molar-refractivity contribution < 1.29 is 9.21 Å². The van der Waals surface area contributed by atoms with Gasteiger partial charge in [-0.2, -0.15) is 5.10 Å². The number of imidazole rings is 1. The number of furan rings is 1. The maximum Gasteiger partial charge on any atom is 0.260 e. The molecule has 0 spiro atoms. The van der Waals surface area contributed by atoms with Gasteiger partial charge in [-0.3, -0.25) is 9.48 Å². The Labute approximate surface area is 145 Å². The van der Waals surface area contributed by atoms with Gasteiger partial charge in [0.25, 0.3) is 5.91 Å². The molecule has 1 aliphatic rings. The van der Waals surface area contributed by atoms with Crippen LogP contribution < -0.4 is 5.32 Å². The van der Waals surface area contributed by atoms with Gasteiger partial charge in [0.15, 0.2) is 0 Å². The van der Waals surface area contributed by atoms with Gasteiger partial charge in [0.05, 0.1) is 18.0 Å². The molecule has 3 aromatic rings. The van der Waals surface area contributed by atoms with E-state index in [1.165, 1.54) is 0 Å². The summed E-state index contributed by atoms with van der Waals surface area (Å²) in [6.45, 7) is 2.83. The summed E-state index contributed by atoms with van der Waals surface area (Å²) in [6.07, 6.45) is 9.06. The Morgan fingerprint density at radius 2 is 2.28 bits per heavy atom. The summed E-state index contributed by atoms with van der Waals surface area (Å²) in [5.41, 5.74) is 2.26. The number of anilines is 1. The molecule has 1 N–H and O–H groups in total. The van der Waals surface area contributed by atoms with E-state index >= 15 is 0 Å². The Bertz CT molecular complexity index is 918. The number of rotatable bonds is 4. The highest BCUT2D eigenvalue weighted by molar-refractivity contribution is 6.06. The van der Waals surface area contributed by atoms with Crippen molar-refractivity contribution in [1.82, 2.24) is 19.3 Å². The average molecular weight is 339 g/mol. The molecule has 7 nitrogen and oxygen atoms in total. The first-order chi connectivity index (χ1) is 12.2. The van der Waals surface area contributed by atoms with Crippen LogP contribution in [0.1, 0.15) is 41.7 Å². The Balaban J connectivity index is 1.75. The largest absolute Gasteiger partial charge is 0.469 e. The average Bonchev–Trinajstić information content (AvgIpc) is 3.33. The first-order valence-corrected chi connectivity index (χ1v) is 8.63. The minimum atomic E-state index is -0.163. The highest BCUT2D eigenvalue weighted by Crippen LogP contribution is 2.32. The highest BCUT2D eigenvalue weighted by Gasteiger charge is 2.24. The van der Waals surface area contributed by atoms with Gasteiger partial charge in [0.1, 0.15) is 23.1 Å². The van der Waals surface area contributed by atoms with Gasteiger partial charge < -0.3 is 14.3 Å². The first kappa shape index (κ1) is 15.7. The number of carbonyl (C=O) groups excluding carboxylic acids is 1. The van der Waals surface area contributed by atoms with Crippen LogP contribution in [0.25, 0.3) is 11.3 Å². The molecule has 4 heterocycles. The lowest BCUT2D eigenvalue weighted by Crippen LogP contribution is -2.19. The molecule has 0 saturated heterocycles. The molecule has 0 bridgehead atoms. The minimum Gasteiger partial charge on any atom is -0.469 e. The summed E-state index contributed by atoms with van der Waals surface area (Å²) in [6, 6.07) is 1.71. The number of hydrogen-bond donors (Lipinski definition) is 1. The van der Waals surface area contributed by atoms with Gasteiger partial charge >= 0.3 is 0 Å². The van der Waals surface area contributed by atoms with Crippen LogP contribution in [0.2, 0.25) is 0 Å². The van der Waals surface area contributed by atoms with Crippen molar-refractivity contribution in [3.8, 4) is 11.3 Å². The zero-order valence-electron chi connectivity index (χ0n) is 14.5. The Hall–Kier alpha value is -2.83. The second-order valence-corrected chi connectivity index (χ2v) is 6.30. The number of nitrogens with zero attached hydrogens (tertiary/aromatic N) is 4. The van der Waals surface area contributed by atoms with E-state index in [1.54, 1.807) is 23.2 Å². The Kier molecular flexibility index (Phi) is 3.91. The van der Waals surface area contributed by atoms with Crippen LogP contribution in [-0.4, -0.2) is 25.2 Å². The second-order valence-electron chi connectivity index (χ2n) is 6.30. The summed E-state index contributed by atoms with van der Waals surface area (Å²) in [5, 5.41) is 7.30. The summed E-state index contributed by atoms with van der Waals surface area (Å²) in [7, 11) is 1.87. The molecule has 0 atom stereocenters. The third-order valence-corrected chi connectivity index (χ3v) is 4.60. The zero-order valence-corrected chi connectivity index (χ0v) is 14.5. The van der Waals surface area contributed by atoms with Crippen molar-refractivity contribution in [2.45, 2.75) is 39.2 Å². The normalized spacial score (nSPS) is 13.7. The van der Waals surface area contributed by atoms with Gasteiger partial charge in [-0.25, -0.2) is 4.98 Å².